The normalized spacial score (nSPS) is 46.9. The van der Waals surface area contributed by atoms with Gasteiger partial charge in [0, 0.05) is 6.42 Å². The van der Waals surface area contributed by atoms with Gasteiger partial charge in [-0.3, -0.25) is 0 Å². The summed E-state index contributed by atoms with van der Waals surface area (Å²) < 4.78 is 6.12. The molecule has 4 rings (SSSR count). The van der Waals surface area contributed by atoms with Gasteiger partial charge in [-0.05, 0) is 56.4 Å². The van der Waals surface area contributed by atoms with Gasteiger partial charge >= 0.3 is 0 Å². The van der Waals surface area contributed by atoms with Crippen LogP contribution in [0.3, 0.4) is 0 Å². The van der Waals surface area contributed by atoms with Gasteiger partial charge < -0.3 is 9.84 Å². The van der Waals surface area contributed by atoms with Gasteiger partial charge in [-0.2, -0.15) is 0 Å². The monoisotopic (exact) mass is 234 g/mol. The van der Waals surface area contributed by atoms with E-state index in [1.807, 2.05) is 6.92 Å². The van der Waals surface area contributed by atoms with Crippen molar-refractivity contribution in [2.24, 2.45) is 11.8 Å². The van der Waals surface area contributed by atoms with Crippen molar-refractivity contribution in [3.8, 4) is 0 Å². The van der Waals surface area contributed by atoms with Gasteiger partial charge in [0.1, 0.15) is 11.4 Å². The second kappa shape index (κ2) is 3.38. The fourth-order valence-corrected chi connectivity index (χ4v) is 4.60. The largest absolute Gasteiger partial charge is 0.488 e. The minimum Gasteiger partial charge on any atom is -0.488 e. The van der Waals surface area contributed by atoms with Crippen LogP contribution < -0.4 is 0 Å². The molecule has 4 bridgehead atoms. The molecule has 2 nitrogen and oxygen atoms in total. The van der Waals surface area contributed by atoms with E-state index in [1.54, 1.807) is 0 Å². The summed E-state index contributed by atoms with van der Waals surface area (Å²) in [5.41, 5.74) is 0.293. The Morgan fingerprint density at radius 3 is 2.24 bits per heavy atom. The number of aliphatic hydroxyl groups is 1. The summed E-state index contributed by atoms with van der Waals surface area (Å²) in [5, 5.41) is 10.6. The van der Waals surface area contributed by atoms with E-state index in [-0.39, 0.29) is 5.60 Å². The maximum Gasteiger partial charge on any atom is 0.115 e. The van der Waals surface area contributed by atoms with E-state index in [9.17, 15) is 5.11 Å². The van der Waals surface area contributed by atoms with Crippen molar-refractivity contribution in [1.82, 2.24) is 0 Å². The zero-order valence-electron chi connectivity index (χ0n) is 10.7. The van der Waals surface area contributed by atoms with Crippen molar-refractivity contribution in [3.05, 3.63) is 24.5 Å². The average Bonchev–Trinajstić information content (AvgIpc) is 2.11. The molecule has 2 unspecified atom stereocenters. The highest BCUT2D eigenvalue weighted by Gasteiger charge is 2.58. The molecule has 0 heterocycles. The standard InChI is InChI=1S/C15H22O2/c1-10(2)11(3)17-15-7-12-4-13(8-15)6-14(16,5-12)9-15/h12-13,16H,1,3-9H2,2H3. The molecule has 0 amide bonds. The summed E-state index contributed by atoms with van der Waals surface area (Å²) in [5.74, 6) is 2.01. The molecule has 0 aromatic heterocycles. The van der Waals surface area contributed by atoms with Crippen LogP contribution in [0.4, 0.5) is 0 Å². The third kappa shape index (κ3) is 1.83. The molecule has 0 aliphatic heterocycles. The number of hydrogen-bond acceptors (Lipinski definition) is 2. The lowest BCUT2D eigenvalue weighted by Gasteiger charge is -2.59. The highest BCUT2D eigenvalue weighted by Crippen LogP contribution is 2.59. The summed E-state index contributed by atoms with van der Waals surface area (Å²) in [7, 11) is 0. The first-order valence-electron chi connectivity index (χ1n) is 6.66. The van der Waals surface area contributed by atoms with Crippen molar-refractivity contribution in [2.75, 3.05) is 0 Å². The minimum atomic E-state index is -0.459. The topological polar surface area (TPSA) is 29.5 Å². The van der Waals surface area contributed by atoms with Crippen molar-refractivity contribution < 1.29 is 9.84 Å². The molecule has 1 N–H and O–H groups in total. The van der Waals surface area contributed by atoms with Crippen LogP contribution in [0.15, 0.2) is 24.5 Å². The molecule has 0 saturated heterocycles. The molecular formula is C15H22O2. The zero-order valence-corrected chi connectivity index (χ0v) is 10.7. The Balaban J connectivity index is 1.83. The second-order valence-corrected chi connectivity index (χ2v) is 6.67. The fourth-order valence-electron chi connectivity index (χ4n) is 4.60. The van der Waals surface area contributed by atoms with Gasteiger partial charge in [0.25, 0.3) is 0 Å². The average molecular weight is 234 g/mol. The summed E-state index contributed by atoms with van der Waals surface area (Å²) in [6.45, 7) is 9.76. The SMILES string of the molecule is C=C(C)C(=C)OC12CC3CC(CC(O)(C3)C1)C2. The lowest BCUT2D eigenvalue weighted by molar-refractivity contribution is -0.204. The summed E-state index contributed by atoms with van der Waals surface area (Å²) in [6.07, 6.45) is 6.23. The van der Waals surface area contributed by atoms with Crippen LogP contribution >= 0.6 is 0 Å². The number of hydrogen-bond donors (Lipinski definition) is 1. The molecule has 94 valence electrons. The van der Waals surface area contributed by atoms with Crippen molar-refractivity contribution in [3.63, 3.8) is 0 Å². The molecular weight excluding hydrogens is 212 g/mol. The Hall–Kier alpha value is -0.760. The molecule has 0 aromatic rings. The fraction of sp³-hybridized carbons (Fsp3) is 0.733. The van der Waals surface area contributed by atoms with Gasteiger partial charge in [0.15, 0.2) is 0 Å². The maximum atomic E-state index is 10.6. The predicted molar refractivity (Wildman–Crippen MR) is 67.4 cm³/mol. The molecule has 0 radical (unpaired) electrons. The van der Waals surface area contributed by atoms with Crippen LogP contribution in [-0.4, -0.2) is 16.3 Å². The Morgan fingerprint density at radius 2 is 1.76 bits per heavy atom. The van der Waals surface area contributed by atoms with Crippen LogP contribution in [0.2, 0.25) is 0 Å². The molecule has 17 heavy (non-hydrogen) atoms. The predicted octanol–water partition coefficient (Wildman–Crippen LogP) is 3.18. The Morgan fingerprint density at radius 1 is 1.18 bits per heavy atom. The van der Waals surface area contributed by atoms with E-state index in [0.29, 0.717) is 17.6 Å². The van der Waals surface area contributed by atoms with Crippen LogP contribution in [0, 0.1) is 11.8 Å². The van der Waals surface area contributed by atoms with Gasteiger partial charge in [-0.1, -0.05) is 13.2 Å². The molecule has 2 heteroatoms. The number of ether oxygens (including phenoxy) is 1. The summed E-state index contributed by atoms with van der Waals surface area (Å²) in [4.78, 5) is 0. The Bertz CT molecular complexity index is 368. The van der Waals surface area contributed by atoms with Gasteiger partial charge in [0.2, 0.25) is 0 Å². The van der Waals surface area contributed by atoms with E-state index >= 15 is 0 Å². The highest BCUT2D eigenvalue weighted by atomic mass is 16.5. The van der Waals surface area contributed by atoms with E-state index < -0.39 is 5.60 Å². The quantitative estimate of drug-likeness (QED) is 0.600. The lowest BCUT2D eigenvalue weighted by atomic mass is 9.52. The van der Waals surface area contributed by atoms with E-state index in [4.69, 9.17) is 4.74 Å². The van der Waals surface area contributed by atoms with Crippen LogP contribution in [0.25, 0.3) is 0 Å². The third-order valence-electron chi connectivity index (χ3n) is 4.79. The van der Waals surface area contributed by atoms with Crippen LogP contribution in [-0.2, 0) is 4.74 Å². The first-order valence-corrected chi connectivity index (χ1v) is 6.66. The van der Waals surface area contributed by atoms with Gasteiger partial charge in [0.05, 0.1) is 5.60 Å². The van der Waals surface area contributed by atoms with E-state index in [0.717, 1.165) is 37.7 Å². The first-order chi connectivity index (χ1) is 7.90. The Kier molecular flexibility index (Phi) is 2.25. The molecule has 2 atom stereocenters. The molecule has 0 spiro atoms. The molecule has 4 saturated carbocycles. The smallest absolute Gasteiger partial charge is 0.115 e. The lowest BCUT2D eigenvalue weighted by Crippen LogP contribution is -2.59. The minimum absolute atomic E-state index is 0.144. The Labute approximate surface area is 103 Å². The van der Waals surface area contributed by atoms with E-state index in [1.165, 1.54) is 6.42 Å². The molecule has 4 aliphatic rings. The number of allylic oxidation sites excluding steroid dienone is 1. The van der Waals surface area contributed by atoms with Crippen LogP contribution in [0.1, 0.15) is 45.4 Å². The molecule has 4 fully saturated rings. The molecule has 4 aliphatic carbocycles. The zero-order chi connectivity index (χ0) is 12.3. The second-order valence-electron chi connectivity index (χ2n) is 6.67. The van der Waals surface area contributed by atoms with Crippen molar-refractivity contribution >= 4 is 0 Å². The van der Waals surface area contributed by atoms with Gasteiger partial charge in [-0.25, -0.2) is 0 Å². The van der Waals surface area contributed by atoms with Crippen LogP contribution in [0.5, 0.6) is 0 Å². The highest BCUT2D eigenvalue weighted by molar-refractivity contribution is 5.19. The maximum absolute atomic E-state index is 10.6. The summed E-state index contributed by atoms with van der Waals surface area (Å²) >= 11 is 0. The van der Waals surface area contributed by atoms with Crippen molar-refractivity contribution in [1.29, 1.82) is 0 Å². The van der Waals surface area contributed by atoms with Crippen molar-refractivity contribution in [2.45, 2.75) is 56.7 Å². The van der Waals surface area contributed by atoms with E-state index in [2.05, 4.69) is 13.2 Å². The third-order valence-corrected chi connectivity index (χ3v) is 4.79. The number of rotatable bonds is 3. The first kappa shape index (κ1) is 11.3. The van der Waals surface area contributed by atoms with Gasteiger partial charge in [-0.15, -0.1) is 0 Å². The molecule has 0 aromatic carbocycles. The summed E-state index contributed by atoms with van der Waals surface area (Å²) in [6, 6.07) is 0.